The van der Waals surface area contributed by atoms with Gasteiger partial charge < -0.3 is 10.2 Å². The van der Waals surface area contributed by atoms with Crippen molar-refractivity contribution in [3.63, 3.8) is 0 Å². The van der Waals surface area contributed by atoms with Gasteiger partial charge in [0.2, 0.25) is 0 Å². The lowest BCUT2D eigenvalue weighted by Crippen LogP contribution is -2.22. The Hall–Kier alpha value is -0.910. The topological polar surface area (TPSA) is 28.2 Å². The molecule has 0 saturated heterocycles. The van der Waals surface area contributed by atoms with Crippen LogP contribution in [0.4, 0.5) is 5.82 Å². The molecule has 0 unspecified atom stereocenters. The van der Waals surface area contributed by atoms with Crippen LogP contribution in [0.25, 0.3) is 0 Å². The molecule has 0 aliphatic carbocycles. The van der Waals surface area contributed by atoms with Crippen molar-refractivity contribution >= 4 is 33.1 Å². The van der Waals surface area contributed by atoms with Crippen LogP contribution in [0.15, 0.2) is 33.6 Å². The number of pyridine rings is 1. The molecule has 2 rings (SSSR count). The minimum Gasteiger partial charge on any atom is -0.355 e. The molecule has 3 nitrogen and oxygen atoms in total. The number of hydrogen-bond acceptors (Lipinski definition) is 4. The third-order valence-corrected chi connectivity index (χ3v) is 4.51. The first-order valence-electron chi connectivity index (χ1n) is 6.67. The first kappa shape index (κ1) is 15.5. The van der Waals surface area contributed by atoms with Crippen molar-refractivity contribution in [2.75, 3.05) is 11.9 Å². The Morgan fingerprint density at radius 2 is 2.15 bits per heavy atom. The lowest BCUT2D eigenvalue weighted by atomic mass is 10.2. The van der Waals surface area contributed by atoms with Crippen molar-refractivity contribution in [2.45, 2.75) is 33.0 Å². The number of nitrogens with zero attached hydrogens (tertiary/aromatic N) is 2. The second-order valence-electron chi connectivity index (χ2n) is 5.17. The first-order chi connectivity index (χ1) is 9.54. The van der Waals surface area contributed by atoms with Gasteiger partial charge in [0, 0.05) is 32.4 Å². The van der Waals surface area contributed by atoms with Crippen molar-refractivity contribution in [1.82, 2.24) is 10.3 Å². The van der Waals surface area contributed by atoms with Crippen LogP contribution < -0.4 is 10.2 Å². The average Bonchev–Trinajstić information content (AvgIpc) is 2.82. The van der Waals surface area contributed by atoms with Crippen LogP contribution in [-0.2, 0) is 13.1 Å². The summed E-state index contributed by atoms with van der Waals surface area (Å²) in [7, 11) is 2.08. The van der Waals surface area contributed by atoms with E-state index in [0.717, 1.165) is 18.9 Å². The third-order valence-electron chi connectivity index (χ3n) is 2.96. The zero-order valence-electron chi connectivity index (χ0n) is 12.1. The largest absolute Gasteiger partial charge is 0.355 e. The van der Waals surface area contributed by atoms with E-state index in [9.17, 15) is 0 Å². The van der Waals surface area contributed by atoms with Gasteiger partial charge >= 0.3 is 0 Å². The molecule has 0 saturated carbocycles. The van der Waals surface area contributed by atoms with E-state index in [0.29, 0.717) is 6.04 Å². The van der Waals surface area contributed by atoms with E-state index in [-0.39, 0.29) is 0 Å². The Balaban J connectivity index is 2.02. The fraction of sp³-hybridized carbons (Fsp3) is 0.400. The molecule has 0 radical (unpaired) electrons. The summed E-state index contributed by atoms with van der Waals surface area (Å²) in [5.74, 6) is 1.01. The van der Waals surface area contributed by atoms with Gasteiger partial charge in [-0.3, -0.25) is 0 Å². The van der Waals surface area contributed by atoms with E-state index < -0.39 is 0 Å². The minimum absolute atomic E-state index is 0.493. The van der Waals surface area contributed by atoms with Crippen LogP contribution in [0.5, 0.6) is 0 Å². The quantitative estimate of drug-likeness (QED) is 0.849. The highest BCUT2D eigenvalue weighted by Crippen LogP contribution is 2.23. The molecule has 2 aromatic rings. The van der Waals surface area contributed by atoms with Crippen LogP contribution in [-0.4, -0.2) is 18.1 Å². The molecule has 0 fully saturated rings. The number of halogens is 1. The second-order valence-corrected chi connectivity index (χ2v) is 7.46. The number of anilines is 1. The molecule has 108 valence electrons. The summed E-state index contributed by atoms with van der Waals surface area (Å²) >= 11 is 5.22. The van der Waals surface area contributed by atoms with Crippen molar-refractivity contribution in [2.24, 2.45) is 0 Å². The molecule has 0 aliphatic rings. The predicted molar refractivity (Wildman–Crippen MR) is 90.3 cm³/mol. The number of nitrogens with one attached hydrogen (secondary N) is 1. The van der Waals surface area contributed by atoms with Gasteiger partial charge in [-0.05, 0) is 50.6 Å². The standard InChI is InChI=1S/C15H20BrN3S/c1-11(2)18-8-12-4-5-17-15(7-12)19(3)9-13-6-14(16)20-10-13/h4-7,10-11,18H,8-9H2,1-3H3. The molecule has 5 heteroatoms. The van der Waals surface area contributed by atoms with E-state index in [4.69, 9.17) is 0 Å². The molecule has 20 heavy (non-hydrogen) atoms. The summed E-state index contributed by atoms with van der Waals surface area (Å²) in [6.45, 7) is 6.06. The highest BCUT2D eigenvalue weighted by Gasteiger charge is 2.06. The fourth-order valence-electron chi connectivity index (χ4n) is 1.88. The van der Waals surface area contributed by atoms with Crippen LogP contribution in [0.1, 0.15) is 25.0 Å². The monoisotopic (exact) mass is 353 g/mol. The Morgan fingerprint density at radius 3 is 2.80 bits per heavy atom. The van der Waals surface area contributed by atoms with Gasteiger partial charge in [0.05, 0.1) is 3.79 Å². The number of hydrogen-bond donors (Lipinski definition) is 1. The summed E-state index contributed by atoms with van der Waals surface area (Å²) in [4.78, 5) is 6.63. The van der Waals surface area contributed by atoms with Crippen LogP contribution in [0, 0.1) is 0 Å². The van der Waals surface area contributed by atoms with Gasteiger partial charge in [-0.1, -0.05) is 13.8 Å². The second kappa shape index (κ2) is 7.20. The molecule has 0 amide bonds. The number of aromatic nitrogens is 1. The fourth-order valence-corrected chi connectivity index (χ4v) is 3.09. The van der Waals surface area contributed by atoms with Gasteiger partial charge in [0.25, 0.3) is 0 Å². The molecule has 2 heterocycles. The Kier molecular flexibility index (Phi) is 5.57. The molecule has 1 N–H and O–H groups in total. The normalized spacial score (nSPS) is 11.1. The molecule has 0 bridgehead atoms. The number of rotatable bonds is 6. The van der Waals surface area contributed by atoms with E-state index in [1.54, 1.807) is 11.3 Å². The summed E-state index contributed by atoms with van der Waals surface area (Å²) in [5.41, 5.74) is 2.57. The zero-order chi connectivity index (χ0) is 14.5. The zero-order valence-corrected chi connectivity index (χ0v) is 14.5. The number of thiophene rings is 1. The van der Waals surface area contributed by atoms with Gasteiger partial charge in [0.15, 0.2) is 0 Å². The van der Waals surface area contributed by atoms with Crippen molar-refractivity contribution in [3.05, 3.63) is 44.7 Å². The first-order valence-corrected chi connectivity index (χ1v) is 8.34. The Morgan fingerprint density at radius 1 is 1.35 bits per heavy atom. The molecule has 2 aromatic heterocycles. The molecule has 0 aliphatic heterocycles. The van der Waals surface area contributed by atoms with Crippen molar-refractivity contribution < 1.29 is 0 Å². The average molecular weight is 354 g/mol. The maximum Gasteiger partial charge on any atom is 0.128 e. The third kappa shape index (κ3) is 4.58. The lowest BCUT2D eigenvalue weighted by molar-refractivity contribution is 0.588. The summed E-state index contributed by atoms with van der Waals surface area (Å²) in [6.07, 6.45) is 1.88. The van der Waals surface area contributed by atoms with Crippen molar-refractivity contribution in [3.8, 4) is 0 Å². The van der Waals surface area contributed by atoms with E-state index in [1.165, 1.54) is 14.9 Å². The SMILES string of the molecule is CC(C)NCc1ccnc(N(C)Cc2csc(Br)c2)c1. The maximum atomic E-state index is 4.46. The lowest BCUT2D eigenvalue weighted by Gasteiger charge is -2.18. The van der Waals surface area contributed by atoms with Crippen LogP contribution >= 0.6 is 27.3 Å². The molecule has 0 spiro atoms. The maximum absolute atomic E-state index is 4.46. The predicted octanol–water partition coefficient (Wildman–Crippen LogP) is 4.04. The van der Waals surface area contributed by atoms with Gasteiger partial charge in [-0.2, -0.15) is 0 Å². The Bertz CT molecular complexity index is 554. The summed E-state index contributed by atoms with van der Waals surface area (Å²) in [6, 6.07) is 6.86. The molecular formula is C15H20BrN3S. The van der Waals surface area contributed by atoms with Crippen LogP contribution in [0.3, 0.4) is 0 Å². The highest BCUT2D eigenvalue weighted by atomic mass is 79.9. The van der Waals surface area contributed by atoms with E-state index >= 15 is 0 Å². The van der Waals surface area contributed by atoms with Crippen LogP contribution in [0.2, 0.25) is 0 Å². The summed E-state index contributed by atoms with van der Waals surface area (Å²) < 4.78 is 1.17. The van der Waals surface area contributed by atoms with Gasteiger partial charge in [0.1, 0.15) is 5.82 Å². The highest BCUT2D eigenvalue weighted by molar-refractivity contribution is 9.11. The smallest absolute Gasteiger partial charge is 0.128 e. The molecule has 0 atom stereocenters. The van der Waals surface area contributed by atoms with Crippen molar-refractivity contribution in [1.29, 1.82) is 0 Å². The van der Waals surface area contributed by atoms with E-state index in [1.807, 2.05) is 6.20 Å². The molecular weight excluding hydrogens is 334 g/mol. The summed E-state index contributed by atoms with van der Waals surface area (Å²) in [5, 5.41) is 5.60. The van der Waals surface area contributed by atoms with Gasteiger partial charge in [-0.15, -0.1) is 11.3 Å². The minimum atomic E-state index is 0.493. The van der Waals surface area contributed by atoms with Gasteiger partial charge in [-0.25, -0.2) is 4.98 Å². The Labute approximate surface area is 133 Å². The molecule has 0 aromatic carbocycles. The van der Waals surface area contributed by atoms with E-state index in [2.05, 4.69) is 75.6 Å².